The number of hydrogen-bond acceptors (Lipinski definition) is 4. The second-order valence-corrected chi connectivity index (χ2v) is 6.09. The smallest absolute Gasteiger partial charge is 0.375 e. The van der Waals surface area contributed by atoms with E-state index in [4.69, 9.17) is 9.15 Å². The molecule has 1 aliphatic carbocycles. The molecule has 0 aliphatic heterocycles. The number of nitrogens with one attached hydrogen (secondary N) is 1. The van der Waals surface area contributed by atoms with Crippen LogP contribution in [0.4, 0.5) is 0 Å². The van der Waals surface area contributed by atoms with Crippen LogP contribution in [-0.2, 0) is 9.53 Å². The molecular weight excluding hydrogens is 294 g/mol. The lowest BCUT2D eigenvalue weighted by Gasteiger charge is -2.16. The van der Waals surface area contributed by atoms with Gasteiger partial charge in [-0.05, 0) is 32.8 Å². The molecule has 1 fully saturated rings. The number of furan rings is 1. The molecule has 1 saturated carbocycles. The van der Waals surface area contributed by atoms with Crippen LogP contribution in [0, 0.1) is 6.92 Å². The van der Waals surface area contributed by atoms with Crippen molar-refractivity contribution in [3.05, 3.63) is 35.6 Å². The molecule has 2 aromatic rings. The third-order valence-corrected chi connectivity index (χ3v) is 4.38. The van der Waals surface area contributed by atoms with Crippen LogP contribution in [0.15, 0.2) is 28.7 Å². The standard InChI is InChI=1S/C18H21NO4/c1-11-14-9-5-6-10-15(14)23-16(11)18(21)22-12(2)17(20)19-13-7-3-4-8-13/h5-6,9-10,12-13H,3-4,7-8H2,1-2H3,(H,19,20). The number of para-hydroxylation sites is 1. The first-order valence-corrected chi connectivity index (χ1v) is 8.05. The molecule has 1 unspecified atom stereocenters. The average Bonchev–Trinajstić information content (AvgIpc) is 3.16. The van der Waals surface area contributed by atoms with E-state index < -0.39 is 12.1 Å². The van der Waals surface area contributed by atoms with Crippen molar-refractivity contribution >= 4 is 22.8 Å². The van der Waals surface area contributed by atoms with Crippen LogP contribution in [-0.4, -0.2) is 24.0 Å². The van der Waals surface area contributed by atoms with Crippen LogP contribution in [0.5, 0.6) is 0 Å². The molecule has 3 rings (SSSR count). The van der Waals surface area contributed by atoms with E-state index in [-0.39, 0.29) is 17.7 Å². The number of esters is 1. The van der Waals surface area contributed by atoms with Crippen molar-refractivity contribution in [3.63, 3.8) is 0 Å². The monoisotopic (exact) mass is 315 g/mol. The molecule has 0 spiro atoms. The average molecular weight is 315 g/mol. The minimum absolute atomic E-state index is 0.159. The van der Waals surface area contributed by atoms with E-state index in [0.29, 0.717) is 5.58 Å². The third-order valence-electron chi connectivity index (χ3n) is 4.38. The summed E-state index contributed by atoms with van der Waals surface area (Å²) in [4.78, 5) is 24.4. The molecular formula is C18H21NO4. The van der Waals surface area contributed by atoms with Gasteiger partial charge in [-0.3, -0.25) is 4.79 Å². The van der Waals surface area contributed by atoms with Gasteiger partial charge in [0.2, 0.25) is 5.76 Å². The molecule has 1 aromatic heterocycles. The number of aryl methyl sites for hydroxylation is 1. The topological polar surface area (TPSA) is 68.5 Å². The van der Waals surface area contributed by atoms with Crippen molar-refractivity contribution in [2.75, 3.05) is 0 Å². The Morgan fingerprint density at radius 1 is 1.26 bits per heavy atom. The highest BCUT2D eigenvalue weighted by Crippen LogP contribution is 2.25. The molecule has 122 valence electrons. The van der Waals surface area contributed by atoms with Gasteiger partial charge in [-0.1, -0.05) is 31.0 Å². The van der Waals surface area contributed by atoms with Crippen LogP contribution in [0.1, 0.15) is 48.7 Å². The minimum atomic E-state index is -0.837. The molecule has 5 nitrogen and oxygen atoms in total. The van der Waals surface area contributed by atoms with Crippen LogP contribution in [0.3, 0.4) is 0 Å². The van der Waals surface area contributed by atoms with Gasteiger partial charge < -0.3 is 14.5 Å². The van der Waals surface area contributed by atoms with Gasteiger partial charge in [0.05, 0.1) is 0 Å². The van der Waals surface area contributed by atoms with Crippen molar-refractivity contribution in [1.29, 1.82) is 0 Å². The van der Waals surface area contributed by atoms with Crippen molar-refractivity contribution < 1.29 is 18.7 Å². The fourth-order valence-corrected chi connectivity index (χ4v) is 3.03. The molecule has 5 heteroatoms. The lowest BCUT2D eigenvalue weighted by molar-refractivity contribution is -0.129. The third kappa shape index (κ3) is 3.23. The lowest BCUT2D eigenvalue weighted by atomic mass is 10.1. The van der Waals surface area contributed by atoms with Gasteiger partial charge in [-0.2, -0.15) is 0 Å². The second-order valence-electron chi connectivity index (χ2n) is 6.09. The maximum absolute atomic E-state index is 12.3. The molecule has 1 aliphatic rings. The molecule has 0 bridgehead atoms. The summed E-state index contributed by atoms with van der Waals surface area (Å²) < 4.78 is 10.8. The zero-order chi connectivity index (χ0) is 16.4. The summed E-state index contributed by atoms with van der Waals surface area (Å²) in [6.45, 7) is 3.39. The summed E-state index contributed by atoms with van der Waals surface area (Å²) in [6, 6.07) is 7.63. The summed E-state index contributed by atoms with van der Waals surface area (Å²) in [7, 11) is 0. The Morgan fingerprint density at radius 3 is 2.65 bits per heavy atom. The summed E-state index contributed by atoms with van der Waals surface area (Å²) >= 11 is 0. The van der Waals surface area contributed by atoms with E-state index in [9.17, 15) is 9.59 Å². The van der Waals surface area contributed by atoms with Crippen LogP contribution in [0.25, 0.3) is 11.0 Å². The van der Waals surface area contributed by atoms with E-state index in [0.717, 1.165) is 36.6 Å². The Balaban J connectivity index is 1.67. The fraction of sp³-hybridized carbons (Fsp3) is 0.444. The van der Waals surface area contributed by atoms with Crippen LogP contribution in [0.2, 0.25) is 0 Å². The van der Waals surface area contributed by atoms with E-state index in [1.807, 2.05) is 25.1 Å². The van der Waals surface area contributed by atoms with Crippen molar-refractivity contribution in [2.45, 2.75) is 51.7 Å². The highest BCUT2D eigenvalue weighted by atomic mass is 16.6. The normalized spacial score (nSPS) is 16.4. The Labute approximate surface area is 135 Å². The molecule has 1 N–H and O–H groups in total. The first kappa shape index (κ1) is 15.6. The SMILES string of the molecule is Cc1c(C(=O)OC(C)C(=O)NC2CCCC2)oc2ccccc12. The molecule has 0 radical (unpaired) electrons. The van der Waals surface area contributed by atoms with Crippen molar-refractivity contribution in [3.8, 4) is 0 Å². The van der Waals surface area contributed by atoms with Crippen LogP contribution < -0.4 is 5.32 Å². The van der Waals surface area contributed by atoms with E-state index >= 15 is 0 Å². The number of benzene rings is 1. The molecule has 1 heterocycles. The quantitative estimate of drug-likeness (QED) is 0.879. The van der Waals surface area contributed by atoms with Gasteiger partial charge in [0.1, 0.15) is 5.58 Å². The van der Waals surface area contributed by atoms with Gasteiger partial charge in [-0.15, -0.1) is 0 Å². The lowest BCUT2D eigenvalue weighted by Crippen LogP contribution is -2.40. The summed E-state index contributed by atoms with van der Waals surface area (Å²) in [6.07, 6.45) is 3.43. The van der Waals surface area contributed by atoms with Crippen LogP contribution >= 0.6 is 0 Å². The van der Waals surface area contributed by atoms with Gasteiger partial charge in [0.25, 0.3) is 5.91 Å². The van der Waals surface area contributed by atoms with E-state index in [1.54, 1.807) is 13.0 Å². The highest BCUT2D eigenvalue weighted by Gasteiger charge is 2.26. The number of carbonyl (C=O) groups excluding carboxylic acids is 2. The summed E-state index contributed by atoms with van der Waals surface area (Å²) in [5.41, 5.74) is 1.37. The molecule has 0 saturated heterocycles. The molecule has 23 heavy (non-hydrogen) atoms. The number of amides is 1. The molecule has 1 atom stereocenters. The number of ether oxygens (including phenoxy) is 1. The Hall–Kier alpha value is -2.30. The Kier molecular flexibility index (Phi) is 4.37. The number of rotatable bonds is 4. The summed E-state index contributed by atoms with van der Waals surface area (Å²) in [5.74, 6) is -0.696. The first-order chi connectivity index (χ1) is 11.1. The maximum atomic E-state index is 12.3. The van der Waals surface area contributed by atoms with Gasteiger partial charge >= 0.3 is 5.97 Å². The zero-order valence-electron chi connectivity index (χ0n) is 13.4. The maximum Gasteiger partial charge on any atom is 0.375 e. The van der Waals surface area contributed by atoms with Crippen molar-refractivity contribution in [2.24, 2.45) is 0 Å². The minimum Gasteiger partial charge on any atom is -0.449 e. The highest BCUT2D eigenvalue weighted by molar-refractivity contribution is 5.97. The molecule has 1 amide bonds. The largest absolute Gasteiger partial charge is 0.449 e. The van der Waals surface area contributed by atoms with Gasteiger partial charge in [0.15, 0.2) is 6.10 Å². The number of carbonyl (C=O) groups is 2. The Morgan fingerprint density at radius 2 is 1.96 bits per heavy atom. The van der Waals surface area contributed by atoms with Crippen molar-refractivity contribution in [1.82, 2.24) is 5.32 Å². The summed E-state index contributed by atoms with van der Waals surface area (Å²) in [5, 5.41) is 3.81. The first-order valence-electron chi connectivity index (χ1n) is 8.05. The van der Waals surface area contributed by atoms with E-state index in [1.165, 1.54) is 0 Å². The molecule has 1 aromatic carbocycles. The zero-order valence-corrected chi connectivity index (χ0v) is 13.4. The Bertz CT molecular complexity index is 728. The van der Waals surface area contributed by atoms with Gasteiger partial charge in [0, 0.05) is 17.0 Å². The van der Waals surface area contributed by atoms with E-state index in [2.05, 4.69) is 5.32 Å². The van der Waals surface area contributed by atoms with Gasteiger partial charge in [-0.25, -0.2) is 4.79 Å². The number of hydrogen-bond donors (Lipinski definition) is 1. The fourth-order valence-electron chi connectivity index (χ4n) is 3.03. The predicted molar refractivity (Wildman–Crippen MR) is 86.2 cm³/mol. The predicted octanol–water partition coefficient (Wildman–Crippen LogP) is 3.35. The second kappa shape index (κ2) is 6.44. The number of fused-ring (bicyclic) bond motifs is 1.